The number of hydrazone groups is 1. The number of anilines is 1. The Balaban J connectivity index is 1.66. The van der Waals surface area contributed by atoms with Crippen LogP contribution in [0.2, 0.25) is 0 Å². The molecular weight excluding hydrogens is 486 g/mol. The number of ether oxygens (including phenoxy) is 3. The van der Waals surface area contributed by atoms with E-state index in [2.05, 4.69) is 10.2 Å². The molecule has 1 saturated heterocycles. The maximum Gasteiger partial charge on any atom is 0.248 e. The van der Waals surface area contributed by atoms with Crippen molar-refractivity contribution in [1.82, 2.24) is 9.91 Å². The highest BCUT2D eigenvalue weighted by atomic mass is 16.5. The number of methoxy groups -OCH3 is 2. The van der Waals surface area contributed by atoms with Crippen molar-refractivity contribution in [2.45, 2.75) is 32.7 Å². The molecule has 1 atom stereocenters. The Kier molecular flexibility index (Phi) is 8.75. The minimum Gasteiger partial charge on any atom is -0.493 e. The molecule has 0 spiro atoms. The van der Waals surface area contributed by atoms with Crippen LogP contribution < -0.4 is 14.8 Å². The Morgan fingerprint density at radius 1 is 1.11 bits per heavy atom. The van der Waals surface area contributed by atoms with Crippen molar-refractivity contribution in [3.05, 3.63) is 53.1 Å². The molecule has 0 aromatic heterocycles. The van der Waals surface area contributed by atoms with Crippen molar-refractivity contribution in [1.29, 1.82) is 5.41 Å². The predicted molar refractivity (Wildman–Crippen MR) is 146 cm³/mol. The molecule has 38 heavy (non-hydrogen) atoms. The summed E-state index contributed by atoms with van der Waals surface area (Å²) in [5.41, 5.74) is 4.14. The minimum atomic E-state index is -0.235. The molecule has 2 amide bonds. The van der Waals surface area contributed by atoms with Gasteiger partial charge in [0.2, 0.25) is 11.8 Å². The van der Waals surface area contributed by atoms with Gasteiger partial charge in [-0.05, 0) is 50.1 Å². The molecule has 10 nitrogen and oxygen atoms in total. The van der Waals surface area contributed by atoms with E-state index < -0.39 is 0 Å². The van der Waals surface area contributed by atoms with Gasteiger partial charge >= 0.3 is 0 Å². The van der Waals surface area contributed by atoms with Crippen molar-refractivity contribution in [2.75, 3.05) is 52.4 Å². The maximum absolute atomic E-state index is 13.1. The molecule has 2 heterocycles. The lowest BCUT2D eigenvalue weighted by Crippen LogP contribution is -2.41. The van der Waals surface area contributed by atoms with Gasteiger partial charge in [-0.15, -0.1) is 0 Å². The average molecular weight is 522 g/mol. The van der Waals surface area contributed by atoms with Crippen molar-refractivity contribution in [3.8, 4) is 11.5 Å². The van der Waals surface area contributed by atoms with Crippen LogP contribution in [-0.2, 0) is 20.7 Å². The van der Waals surface area contributed by atoms with E-state index in [1.165, 1.54) is 5.01 Å². The smallest absolute Gasteiger partial charge is 0.248 e. The minimum absolute atomic E-state index is 0.00177. The second-order valence-corrected chi connectivity index (χ2v) is 9.58. The maximum atomic E-state index is 13.1. The quantitative estimate of drug-likeness (QED) is 0.516. The van der Waals surface area contributed by atoms with E-state index in [0.717, 1.165) is 29.8 Å². The number of carbonyl (C=O) groups is 2. The van der Waals surface area contributed by atoms with Gasteiger partial charge in [0.25, 0.3) is 0 Å². The van der Waals surface area contributed by atoms with Crippen LogP contribution in [0.3, 0.4) is 0 Å². The number of nitrogens with one attached hydrogen (secondary N) is 2. The number of carbonyl (C=O) groups excluding carboxylic acids is 2. The SMILES string of the molecule is COc1cc2c(cc1OC)C(c1ccc(NC(=O)CN3CCOCC3)cc1)=NN(C(=O)CC(C)=N)C(C)C2. The van der Waals surface area contributed by atoms with Gasteiger partial charge in [0.15, 0.2) is 11.5 Å². The third-order valence-electron chi connectivity index (χ3n) is 6.59. The fourth-order valence-electron chi connectivity index (χ4n) is 4.67. The van der Waals surface area contributed by atoms with E-state index in [-0.39, 0.29) is 30.0 Å². The van der Waals surface area contributed by atoms with Crippen LogP contribution in [0, 0.1) is 5.41 Å². The Bertz CT molecular complexity index is 1220. The average Bonchev–Trinajstić information content (AvgIpc) is 3.04. The lowest BCUT2D eigenvalue weighted by Gasteiger charge is -2.25. The molecule has 2 aromatic carbocycles. The fraction of sp³-hybridized carbons (Fsp3) is 0.429. The summed E-state index contributed by atoms with van der Waals surface area (Å²) < 4.78 is 16.4. The second kappa shape index (κ2) is 12.2. The molecule has 2 aromatic rings. The molecule has 0 bridgehead atoms. The molecule has 2 N–H and O–H groups in total. The largest absolute Gasteiger partial charge is 0.493 e. The topological polar surface area (TPSA) is 117 Å². The van der Waals surface area contributed by atoms with Crippen LogP contribution in [-0.4, -0.2) is 86.3 Å². The van der Waals surface area contributed by atoms with Crippen LogP contribution in [0.15, 0.2) is 41.5 Å². The lowest BCUT2D eigenvalue weighted by atomic mass is 9.94. The Labute approximate surface area is 223 Å². The van der Waals surface area contributed by atoms with Crippen LogP contribution in [0.4, 0.5) is 5.69 Å². The summed E-state index contributed by atoms with van der Waals surface area (Å²) in [6, 6.07) is 11.0. The van der Waals surface area contributed by atoms with Crippen LogP contribution in [0.5, 0.6) is 11.5 Å². The Morgan fingerprint density at radius 3 is 2.39 bits per heavy atom. The zero-order valence-corrected chi connectivity index (χ0v) is 22.4. The number of amides is 2. The zero-order valence-electron chi connectivity index (χ0n) is 22.4. The van der Waals surface area contributed by atoms with Gasteiger partial charge in [0.05, 0.1) is 52.2 Å². The zero-order chi connectivity index (χ0) is 27.2. The molecule has 4 rings (SSSR count). The standard InChI is InChI=1S/C28H35N5O5/c1-18(29)13-27(35)33-19(2)14-21-15-24(36-3)25(37-4)16-23(21)28(31-33)20-5-7-22(8-6-20)30-26(34)17-32-9-11-38-12-10-32/h5-8,15-16,19,29H,9-14,17H2,1-4H3,(H,30,34). The number of nitrogens with zero attached hydrogens (tertiary/aromatic N) is 3. The van der Waals surface area contributed by atoms with Crippen LogP contribution >= 0.6 is 0 Å². The molecule has 10 heteroatoms. The molecule has 2 aliphatic heterocycles. The van der Waals surface area contributed by atoms with E-state index >= 15 is 0 Å². The second-order valence-electron chi connectivity index (χ2n) is 9.58. The van der Waals surface area contributed by atoms with Gasteiger partial charge in [0.1, 0.15) is 0 Å². The summed E-state index contributed by atoms with van der Waals surface area (Å²) in [6.45, 7) is 6.63. The van der Waals surface area contributed by atoms with E-state index in [4.69, 9.17) is 24.7 Å². The first-order valence-electron chi connectivity index (χ1n) is 12.7. The van der Waals surface area contributed by atoms with Crippen LogP contribution in [0.1, 0.15) is 37.0 Å². The summed E-state index contributed by atoms with van der Waals surface area (Å²) in [4.78, 5) is 27.7. The Morgan fingerprint density at radius 2 is 1.76 bits per heavy atom. The van der Waals surface area contributed by atoms with Crippen LogP contribution in [0.25, 0.3) is 0 Å². The monoisotopic (exact) mass is 521 g/mol. The Hall–Kier alpha value is -3.76. The third-order valence-corrected chi connectivity index (χ3v) is 6.59. The summed E-state index contributed by atoms with van der Waals surface area (Å²) in [6.07, 6.45) is 0.555. The molecule has 1 fully saturated rings. The number of fused-ring (bicyclic) bond motifs is 1. The normalized spacial score (nSPS) is 17.6. The molecule has 0 radical (unpaired) electrons. The highest BCUT2D eigenvalue weighted by molar-refractivity contribution is 6.15. The summed E-state index contributed by atoms with van der Waals surface area (Å²) >= 11 is 0. The van der Waals surface area contributed by atoms with E-state index in [1.807, 2.05) is 43.3 Å². The van der Waals surface area contributed by atoms with Crippen molar-refractivity contribution >= 4 is 28.9 Å². The number of hydrogen-bond donors (Lipinski definition) is 2. The van der Waals surface area contributed by atoms with Gasteiger partial charge in [0, 0.05) is 35.6 Å². The fourth-order valence-corrected chi connectivity index (χ4v) is 4.67. The summed E-state index contributed by atoms with van der Waals surface area (Å²) in [7, 11) is 3.17. The first kappa shape index (κ1) is 27.3. The molecule has 0 aliphatic carbocycles. The third kappa shape index (κ3) is 6.38. The van der Waals surface area contributed by atoms with Crippen molar-refractivity contribution in [2.24, 2.45) is 5.10 Å². The lowest BCUT2D eigenvalue weighted by molar-refractivity contribution is -0.131. The predicted octanol–water partition coefficient (Wildman–Crippen LogP) is 2.93. The van der Waals surface area contributed by atoms with Crippen molar-refractivity contribution < 1.29 is 23.8 Å². The van der Waals surface area contributed by atoms with Gasteiger partial charge in [-0.2, -0.15) is 5.10 Å². The highest BCUT2D eigenvalue weighted by Gasteiger charge is 2.29. The molecule has 1 unspecified atom stereocenters. The van der Waals surface area contributed by atoms with Gasteiger partial charge in [-0.25, -0.2) is 5.01 Å². The first-order chi connectivity index (χ1) is 18.3. The number of benzene rings is 2. The van der Waals surface area contributed by atoms with Crippen molar-refractivity contribution in [3.63, 3.8) is 0 Å². The first-order valence-corrected chi connectivity index (χ1v) is 12.7. The summed E-state index contributed by atoms with van der Waals surface area (Å²) in [5.74, 6) is 0.849. The van der Waals surface area contributed by atoms with Gasteiger partial charge < -0.3 is 24.9 Å². The highest BCUT2D eigenvalue weighted by Crippen LogP contribution is 2.35. The molecular formula is C28H35N5O5. The van der Waals surface area contributed by atoms with Gasteiger partial charge in [-0.3, -0.25) is 14.5 Å². The van der Waals surface area contributed by atoms with E-state index in [9.17, 15) is 9.59 Å². The van der Waals surface area contributed by atoms with Gasteiger partial charge in [-0.1, -0.05) is 12.1 Å². The molecule has 2 aliphatic rings. The summed E-state index contributed by atoms with van der Waals surface area (Å²) in [5, 5.41) is 17.1. The number of morpholine rings is 1. The molecule has 202 valence electrons. The number of hydrogen-bond acceptors (Lipinski definition) is 8. The number of rotatable bonds is 8. The van der Waals surface area contributed by atoms with E-state index in [0.29, 0.717) is 49.1 Å². The van der Waals surface area contributed by atoms with E-state index in [1.54, 1.807) is 21.1 Å². The molecule has 0 saturated carbocycles.